The van der Waals surface area contributed by atoms with Crippen LogP contribution < -0.4 is 0 Å². The molecule has 2 unspecified atom stereocenters. The first-order chi connectivity index (χ1) is 26.0. The molecule has 0 aliphatic heterocycles. The Bertz CT molecular complexity index is 2230. The maximum Gasteiger partial charge on any atom is -0.147 e. The van der Waals surface area contributed by atoms with Gasteiger partial charge in [-0.3, -0.25) is 0 Å². The molecule has 5 saturated carbocycles. The van der Waals surface area contributed by atoms with Crippen molar-refractivity contribution >= 4 is 43.8 Å². The summed E-state index contributed by atoms with van der Waals surface area (Å²) >= 11 is -3.73. The van der Waals surface area contributed by atoms with Gasteiger partial charge >= 0.3 is 331 Å². The second kappa shape index (κ2) is 14.9. The number of benzene rings is 4. The van der Waals surface area contributed by atoms with Crippen molar-refractivity contribution in [2.45, 2.75) is 119 Å². The minimum atomic E-state index is -3.73. The summed E-state index contributed by atoms with van der Waals surface area (Å²) in [6.07, 6.45) is 21.1. The molecule has 2 atom stereocenters. The zero-order valence-electron chi connectivity index (χ0n) is 34.6. The van der Waals surface area contributed by atoms with Crippen LogP contribution in [0.25, 0.3) is 34.4 Å². The number of allylic oxidation sites excluding steroid dienone is 2. The molecule has 0 saturated heterocycles. The van der Waals surface area contributed by atoms with Crippen LogP contribution in [-0.2, 0) is 22.8 Å². The van der Waals surface area contributed by atoms with Crippen LogP contribution in [0.5, 0.6) is 0 Å². The molecule has 56 heavy (non-hydrogen) atoms. The fraction of sp³-hybridized carbons (Fsp3) is 0.462. The van der Waals surface area contributed by atoms with Crippen molar-refractivity contribution in [3.8, 4) is 22.3 Å². The number of rotatable bonds is 7. The largest absolute Gasteiger partial charge is 0.147 e. The predicted molar refractivity (Wildman–Crippen MR) is 246 cm³/mol. The van der Waals surface area contributed by atoms with Crippen molar-refractivity contribution in [2.24, 2.45) is 23.7 Å². The Hall–Kier alpha value is -1.96. The summed E-state index contributed by atoms with van der Waals surface area (Å²) in [5.41, 5.74) is 18.9. The van der Waals surface area contributed by atoms with E-state index in [2.05, 4.69) is 134 Å². The normalized spacial score (nSPS) is 27.9. The second-order valence-corrected chi connectivity index (χ2v) is 51.3. The van der Waals surface area contributed by atoms with E-state index in [1.165, 1.54) is 110 Å². The van der Waals surface area contributed by atoms with Crippen molar-refractivity contribution in [3.05, 3.63) is 129 Å². The molecule has 11 rings (SSSR count). The fourth-order valence-electron chi connectivity index (χ4n) is 14.3. The third kappa shape index (κ3) is 6.63. The van der Waals surface area contributed by atoms with Gasteiger partial charge in [0.1, 0.15) is 0 Å². The molecule has 4 heteroatoms. The minimum Gasteiger partial charge on any atom is -0.147 e. The van der Waals surface area contributed by atoms with Crippen molar-refractivity contribution in [1.29, 1.82) is 0 Å². The zero-order chi connectivity index (χ0) is 37.0. The van der Waals surface area contributed by atoms with Crippen LogP contribution in [0.4, 0.5) is 0 Å². The minimum absolute atomic E-state index is 0. The van der Waals surface area contributed by atoms with E-state index in [0.717, 1.165) is 17.8 Å². The Balaban J connectivity index is 0.00000220. The molecule has 294 valence electrons. The molecule has 0 amide bonds. The zero-order valence-corrected chi connectivity index (χ0v) is 40.1. The van der Waals surface area contributed by atoms with Crippen molar-refractivity contribution in [1.82, 2.24) is 0 Å². The van der Waals surface area contributed by atoms with E-state index in [-0.39, 0.29) is 24.8 Å². The molecule has 0 spiro atoms. The molecule has 0 radical (unpaired) electrons. The first-order valence-corrected chi connectivity index (χ1v) is 35.6. The molecule has 0 aromatic heterocycles. The van der Waals surface area contributed by atoms with Gasteiger partial charge < -0.3 is 0 Å². The van der Waals surface area contributed by atoms with E-state index in [1.807, 2.05) is 0 Å². The fourth-order valence-corrected chi connectivity index (χ4v) is 34.6. The molecule has 0 nitrogen and oxygen atoms in total. The van der Waals surface area contributed by atoms with Gasteiger partial charge in [-0.1, -0.05) is 0 Å². The molecular weight excluding hydrogens is 815 g/mol. The van der Waals surface area contributed by atoms with Crippen LogP contribution in [0.2, 0.25) is 9.26 Å². The number of hydrogen-bond acceptors (Lipinski definition) is 0. The third-order valence-corrected chi connectivity index (χ3v) is 33.7. The molecule has 7 aliphatic carbocycles. The van der Waals surface area contributed by atoms with E-state index >= 15 is 0 Å². The van der Waals surface area contributed by atoms with Crippen LogP contribution in [0, 0.1) is 23.7 Å². The van der Waals surface area contributed by atoms with E-state index in [9.17, 15) is 0 Å². The molecular formula is C52H64Cl2SiZr. The van der Waals surface area contributed by atoms with Crippen LogP contribution in [0.1, 0.15) is 138 Å². The average molecular weight is 879 g/mol. The molecule has 0 N–H and O–H groups in total. The molecule has 4 aromatic carbocycles. The summed E-state index contributed by atoms with van der Waals surface area (Å²) in [6.45, 7) is 9.62. The van der Waals surface area contributed by atoms with E-state index in [1.54, 1.807) is 27.8 Å². The van der Waals surface area contributed by atoms with E-state index < -0.39 is 17.4 Å². The van der Waals surface area contributed by atoms with Crippen molar-refractivity contribution in [2.75, 3.05) is 0 Å². The summed E-state index contributed by atoms with van der Waals surface area (Å²) in [6, 6.07) is 34.3. The second-order valence-electron chi connectivity index (χ2n) is 20.8. The quantitative estimate of drug-likeness (QED) is 0.162. The van der Waals surface area contributed by atoms with Gasteiger partial charge in [0.15, 0.2) is 0 Å². The summed E-state index contributed by atoms with van der Waals surface area (Å²) in [5.74, 6) is 4.22. The van der Waals surface area contributed by atoms with Crippen LogP contribution in [0.3, 0.4) is 0 Å². The van der Waals surface area contributed by atoms with E-state index in [0.29, 0.717) is 24.5 Å². The van der Waals surface area contributed by atoms with Gasteiger partial charge in [-0.15, -0.1) is 24.8 Å². The average Bonchev–Trinajstić information content (AvgIpc) is 3.74. The first-order valence-electron chi connectivity index (χ1n) is 21.9. The number of hydrogen-bond donors (Lipinski definition) is 0. The number of halogens is 2. The predicted octanol–water partition coefficient (Wildman–Crippen LogP) is 15.0. The van der Waals surface area contributed by atoms with Gasteiger partial charge in [0, 0.05) is 0 Å². The molecule has 0 heterocycles. The molecule has 4 aromatic rings. The van der Waals surface area contributed by atoms with Gasteiger partial charge in [0.25, 0.3) is 0 Å². The van der Waals surface area contributed by atoms with Gasteiger partial charge in [0.2, 0.25) is 0 Å². The Morgan fingerprint density at radius 1 is 0.625 bits per heavy atom. The Labute approximate surface area is 353 Å². The van der Waals surface area contributed by atoms with E-state index in [4.69, 9.17) is 0 Å². The maximum absolute atomic E-state index is 3.73. The standard InChI is InChI=1S/C26H27.C24H27.2CH3.2ClH.H2Si.Zr/c1-17-9-22-3-2-4-24(25(22)10-17)21-5-7-23(8-6-21)26-14-18-11-19(15-26)13-20(12-18)16-26;1-17(2)18-11-13-20(14-12-18)23-10-6-9-21-15-22(16-24(21)23)19-7-4-3-5-8-19;;;;;;/h2-10,18-20H,11-16H2,1H3;6,9-17,19H,3-5,7-8H2,1-2H3;2*1H3;2*1H;1H2;. The van der Waals surface area contributed by atoms with Gasteiger partial charge in [-0.05, 0) is 0 Å². The maximum atomic E-state index is 2.85. The van der Waals surface area contributed by atoms with Gasteiger partial charge in [-0.25, -0.2) is 0 Å². The number of fused-ring (bicyclic) bond motifs is 2. The summed E-state index contributed by atoms with van der Waals surface area (Å²) in [5, 5.41) is 0. The molecule has 4 bridgehead atoms. The topological polar surface area (TPSA) is 0 Å². The Morgan fingerprint density at radius 3 is 1.66 bits per heavy atom. The summed E-state index contributed by atoms with van der Waals surface area (Å²) in [4.78, 5) is 0. The summed E-state index contributed by atoms with van der Waals surface area (Å²) in [7, 11) is 0. The van der Waals surface area contributed by atoms with Gasteiger partial charge in [0.05, 0.1) is 0 Å². The summed E-state index contributed by atoms with van der Waals surface area (Å²) < 4.78 is 6.82. The molecule has 5 fully saturated rings. The Kier molecular flexibility index (Phi) is 10.9. The Morgan fingerprint density at radius 2 is 1.12 bits per heavy atom. The SMILES string of the molecule is CC1=Cc2c(-c3ccc(C45CC6CC(CC(C6)C4)C5)cc3)cccc2[CH]1[Zr]([CH3])([CH3])(=[SiH2])[CH]1C(C2CCCCC2)=Cc2c(-c3ccc(C(C)C)cc3)cccc21.Cl.Cl. The van der Waals surface area contributed by atoms with Crippen LogP contribution in [-0.4, -0.2) is 6.88 Å². The third-order valence-electron chi connectivity index (χ3n) is 16.1. The van der Waals surface area contributed by atoms with Crippen molar-refractivity contribution < 1.29 is 17.4 Å². The monoisotopic (exact) mass is 876 g/mol. The van der Waals surface area contributed by atoms with Crippen LogP contribution in [0.15, 0.2) is 96.1 Å². The van der Waals surface area contributed by atoms with Crippen molar-refractivity contribution in [3.63, 3.8) is 0 Å². The van der Waals surface area contributed by atoms with Gasteiger partial charge in [-0.2, -0.15) is 0 Å². The molecule has 7 aliphatic rings. The first kappa shape index (κ1) is 40.8. The van der Waals surface area contributed by atoms with Crippen LogP contribution >= 0.6 is 24.8 Å². The smallest absolute Gasteiger partial charge is 0.147 e.